The van der Waals surface area contributed by atoms with Gasteiger partial charge in [-0.15, -0.1) is 6.42 Å². The summed E-state index contributed by atoms with van der Waals surface area (Å²) in [7, 11) is 0. The van der Waals surface area contributed by atoms with Crippen LogP contribution in [0.15, 0.2) is 6.07 Å². The standard InChI is InChI=1S/C19H25N5O4/c1-2-14(11-17(25)26)21-18(27)15-12-16-19(28)23(9-10-24(16)22-15)8-5-13-3-6-20-7-4-13/h1,12-14,20H,3-11H2,(H,21,27)(H,25,26)/t14-/m1/s1. The first kappa shape index (κ1) is 19.9. The Morgan fingerprint density at radius 2 is 2.14 bits per heavy atom. The van der Waals surface area contributed by atoms with Crippen LogP contribution in [0, 0.1) is 18.3 Å². The lowest BCUT2D eigenvalue weighted by atomic mass is 9.94. The highest BCUT2D eigenvalue weighted by Crippen LogP contribution is 2.19. The van der Waals surface area contributed by atoms with Crippen LogP contribution in [-0.2, 0) is 11.3 Å². The van der Waals surface area contributed by atoms with Crippen LogP contribution in [0.2, 0.25) is 0 Å². The molecule has 1 atom stereocenters. The van der Waals surface area contributed by atoms with E-state index in [1.54, 1.807) is 0 Å². The van der Waals surface area contributed by atoms with Gasteiger partial charge >= 0.3 is 5.97 Å². The Morgan fingerprint density at radius 3 is 2.82 bits per heavy atom. The highest BCUT2D eigenvalue weighted by atomic mass is 16.4. The van der Waals surface area contributed by atoms with Crippen LogP contribution in [-0.4, -0.2) is 69.8 Å². The van der Waals surface area contributed by atoms with Crippen molar-refractivity contribution in [1.29, 1.82) is 0 Å². The zero-order valence-corrected chi connectivity index (χ0v) is 15.7. The molecule has 0 aliphatic carbocycles. The second-order valence-corrected chi connectivity index (χ2v) is 7.20. The molecular formula is C19H25N5O4. The average Bonchev–Trinajstić information content (AvgIpc) is 3.13. The van der Waals surface area contributed by atoms with Gasteiger partial charge in [0.05, 0.1) is 13.0 Å². The van der Waals surface area contributed by atoms with Crippen molar-refractivity contribution in [3.05, 3.63) is 17.5 Å². The minimum Gasteiger partial charge on any atom is -0.481 e. The van der Waals surface area contributed by atoms with E-state index in [0.29, 0.717) is 31.2 Å². The van der Waals surface area contributed by atoms with Gasteiger partial charge in [-0.2, -0.15) is 5.10 Å². The summed E-state index contributed by atoms with van der Waals surface area (Å²) >= 11 is 0. The number of carbonyl (C=O) groups excluding carboxylic acids is 2. The number of carboxylic acid groups (broad SMARTS) is 1. The number of fused-ring (bicyclic) bond motifs is 1. The van der Waals surface area contributed by atoms with Crippen LogP contribution in [0.25, 0.3) is 0 Å². The summed E-state index contributed by atoms with van der Waals surface area (Å²) in [4.78, 5) is 37.7. The summed E-state index contributed by atoms with van der Waals surface area (Å²) in [5.41, 5.74) is 0.436. The number of nitrogens with one attached hydrogen (secondary N) is 2. The van der Waals surface area contributed by atoms with Gasteiger partial charge in [0, 0.05) is 19.2 Å². The van der Waals surface area contributed by atoms with E-state index < -0.39 is 17.9 Å². The Morgan fingerprint density at radius 1 is 1.39 bits per heavy atom. The van der Waals surface area contributed by atoms with E-state index in [0.717, 1.165) is 32.4 Å². The molecule has 150 valence electrons. The molecule has 1 aromatic rings. The number of hydrogen-bond acceptors (Lipinski definition) is 5. The summed E-state index contributed by atoms with van der Waals surface area (Å²) in [5, 5.41) is 18.8. The summed E-state index contributed by atoms with van der Waals surface area (Å²) in [6.45, 7) is 3.85. The van der Waals surface area contributed by atoms with E-state index >= 15 is 0 Å². The van der Waals surface area contributed by atoms with E-state index in [1.165, 1.54) is 10.7 Å². The third-order valence-electron chi connectivity index (χ3n) is 5.25. The van der Waals surface area contributed by atoms with Crippen molar-refractivity contribution < 1.29 is 19.5 Å². The summed E-state index contributed by atoms with van der Waals surface area (Å²) in [6.07, 6.45) is 8.14. The van der Waals surface area contributed by atoms with E-state index in [9.17, 15) is 14.4 Å². The summed E-state index contributed by atoms with van der Waals surface area (Å²) in [5.74, 6) is 1.05. The molecule has 0 saturated carbocycles. The largest absolute Gasteiger partial charge is 0.481 e. The summed E-state index contributed by atoms with van der Waals surface area (Å²) in [6, 6.07) is 0.517. The van der Waals surface area contributed by atoms with Crippen LogP contribution < -0.4 is 10.6 Å². The Balaban J connectivity index is 1.61. The molecule has 3 heterocycles. The minimum atomic E-state index is -1.10. The van der Waals surface area contributed by atoms with Crippen molar-refractivity contribution in [1.82, 2.24) is 25.3 Å². The molecule has 0 spiro atoms. The first-order valence-electron chi connectivity index (χ1n) is 9.54. The van der Waals surface area contributed by atoms with Crippen LogP contribution in [0.4, 0.5) is 0 Å². The number of rotatable bonds is 7. The minimum absolute atomic E-state index is 0.0641. The van der Waals surface area contributed by atoms with Crippen molar-refractivity contribution in [3.8, 4) is 12.3 Å². The molecule has 2 aliphatic rings. The molecule has 1 aromatic heterocycles. The van der Waals surface area contributed by atoms with Crippen LogP contribution >= 0.6 is 0 Å². The van der Waals surface area contributed by atoms with Gasteiger partial charge in [0.15, 0.2) is 5.69 Å². The Bertz CT molecular complexity index is 791. The van der Waals surface area contributed by atoms with Crippen molar-refractivity contribution in [2.75, 3.05) is 26.2 Å². The third kappa shape index (κ3) is 4.70. The molecule has 2 aliphatic heterocycles. The second-order valence-electron chi connectivity index (χ2n) is 7.20. The van der Waals surface area contributed by atoms with Crippen LogP contribution in [0.3, 0.4) is 0 Å². The number of hydrogen-bond donors (Lipinski definition) is 3. The first-order valence-corrected chi connectivity index (χ1v) is 9.54. The van der Waals surface area contributed by atoms with Crippen LogP contribution in [0.5, 0.6) is 0 Å². The number of nitrogens with zero attached hydrogens (tertiary/aromatic N) is 3. The molecule has 0 unspecified atom stereocenters. The predicted octanol–water partition coefficient (Wildman–Crippen LogP) is -0.0651. The predicted molar refractivity (Wildman–Crippen MR) is 101 cm³/mol. The van der Waals surface area contributed by atoms with E-state index in [-0.39, 0.29) is 18.0 Å². The van der Waals surface area contributed by atoms with Crippen molar-refractivity contribution in [2.24, 2.45) is 5.92 Å². The molecule has 0 aromatic carbocycles. The van der Waals surface area contributed by atoms with Gasteiger partial charge in [0.2, 0.25) is 0 Å². The fourth-order valence-corrected chi connectivity index (χ4v) is 3.63. The maximum atomic E-state index is 12.8. The number of aromatic nitrogens is 2. The van der Waals surface area contributed by atoms with Gasteiger partial charge in [-0.3, -0.25) is 19.1 Å². The highest BCUT2D eigenvalue weighted by Gasteiger charge is 2.29. The number of terminal acetylenes is 1. The quantitative estimate of drug-likeness (QED) is 0.564. The molecule has 9 heteroatoms. The summed E-state index contributed by atoms with van der Waals surface area (Å²) < 4.78 is 1.53. The van der Waals surface area contributed by atoms with E-state index in [1.807, 2.05) is 4.90 Å². The normalized spacial score (nSPS) is 18.2. The Kier molecular flexibility index (Phi) is 6.31. The molecule has 3 N–H and O–H groups in total. The Hall–Kier alpha value is -2.86. The first-order chi connectivity index (χ1) is 13.5. The van der Waals surface area contributed by atoms with Gasteiger partial charge in [-0.1, -0.05) is 5.92 Å². The maximum Gasteiger partial charge on any atom is 0.306 e. The second kappa shape index (κ2) is 8.89. The molecule has 28 heavy (non-hydrogen) atoms. The Labute approximate surface area is 163 Å². The molecule has 3 rings (SSSR count). The smallest absolute Gasteiger partial charge is 0.306 e. The number of piperidine rings is 1. The average molecular weight is 387 g/mol. The topological polar surface area (TPSA) is 117 Å². The van der Waals surface area contributed by atoms with Gasteiger partial charge in [-0.25, -0.2) is 0 Å². The molecule has 1 saturated heterocycles. The lowest BCUT2D eigenvalue weighted by molar-refractivity contribution is -0.137. The highest BCUT2D eigenvalue weighted by molar-refractivity contribution is 5.98. The van der Waals surface area contributed by atoms with Gasteiger partial charge in [-0.05, 0) is 38.3 Å². The number of amides is 2. The zero-order chi connectivity index (χ0) is 20.1. The number of aliphatic carboxylic acids is 1. The SMILES string of the molecule is C#C[C@H](CC(=O)O)NC(=O)c1cc2n(n1)CCN(CCC1CCNCC1)C2=O. The van der Waals surface area contributed by atoms with E-state index in [4.69, 9.17) is 11.5 Å². The lowest BCUT2D eigenvalue weighted by Gasteiger charge is -2.30. The fraction of sp³-hybridized carbons (Fsp3) is 0.579. The molecule has 9 nitrogen and oxygen atoms in total. The fourth-order valence-electron chi connectivity index (χ4n) is 3.63. The van der Waals surface area contributed by atoms with Crippen molar-refractivity contribution >= 4 is 17.8 Å². The number of carboxylic acids is 1. The van der Waals surface area contributed by atoms with Gasteiger partial charge < -0.3 is 20.6 Å². The van der Waals surface area contributed by atoms with Crippen molar-refractivity contribution in [2.45, 2.75) is 38.3 Å². The van der Waals surface area contributed by atoms with Crippen LogP contribution in [0.1, 0.15) is 46.7 Å². The zero-order valence-electron chi connectivity index (χ0n) is 15.7. The lowest BCUT2D eigenvalue weighted by Crippen LogP contribution is -2.41. The third-order valence-corrected chi connectivity index (χ3v) is 5.25. The molecule has 0 radical (unpaired) electrons. The monoisotopic (exact) mass is 387 g/mol. The number of carbonyl (C=O) groups is 3. The van der Waals surface area contributed by atoms with Gasteiger partial charge in [0.1, 0.15) is 11.7 Å². The maximum absolute atomic E-state index is 12.8. The molecule has 1 fully saturated rings. The van der Waals surface area contributed by atoms with E-state index in [2.05, 4.69) is 21.7 Å². The molecular weight excluding hydrogens is 362 g/mol. The van der Waals surface area contributed by atoms with Crippen molar-refractivity contribution in [3.63, 3.8) is 0 Å². The molecule has 2 amide bonds. The molecule has 0 bridgehead atoms. The van der Waals surface area contributed by atoms with Gasteiger partial charge in [0.25, 0.3) is 11.8 Å².